The molecule has 0 heterocycles. The third kappa shape index (κ3) is 3.58. The summed E-state index contributed by atoms with van der Waals surface area (Å²) < 4.78 is 46.7. The quantitative estimate of drug-likeness (QED) is 0.506. The molecule has 0 saturated heterocycles. The summed E-state index contributed by atoms with van der Waals surface area (Å²) in [4.78, 5) is 12.1. The van der Waals surface area contributed by atoms with Gasteiger partial charge in [-0.3, -0.25) is 0 Å². The van der Waals surface area contributed by atoms with Crippen LogP contribution < -0.4 is 0 Å². The summed E-state index contributed by atoms with van der Waals surface area (Å²) in [6, 6.07) is 15.5. The van der Waals surface area contributed by atoms with Crippen molar-refractivity contribution in [2.45, 2.75) is 51.1 Å². The molecular formula is C26H27F3O2. The number of hydrogen-bond donors (Lipinski definition) is 0. The highest BCUT2D eigenvalue weighted by Crippen LogP contribution is 2.60. The van der Waals surface area contributed by atoms with E-state index in [4.69, 9.17) is 4.74 Å². The maximum Gasteiger partial charge on any atom is 0.394 e. The first kappa shape index (κ1) is 21.7. The first-order valence-corrected chi connectivity index (χ1v) is 10.6. The van der Waals surface area contributed by atoms with Gasteiger partial charge in [0.15, 0.2) is 0 Å². The molecule has 31 heavy (non-hydrogen) atoms. The Hall–Kier alpha value is -2.56. The van der Waals surface area contributed by atoms with Crippen LogP contribution in [0.2, 0.25) is 0 Å². The van der Waals surface area contributed by atoms with E-state index in [1.165, 1.54) is 14.0 Å². The molecule has 0 unspecified atom stereocenters. The normalized spacial score (nSPS) is 27.7. The molecule has 5 heteroatoms. The van der Waals surface area contributed by atoms with Gasteiger partial charge in [-0.05, 0) is 72.9 Å². The lowest BCUT2D eigenvalue weighted by molar-refractivity contribution is -0.235. The molecule has 164 valence electrons. The van der Waals surface area contributed by atoms with Crippen molar-refractivity contribution in [3.05, 3.63) is 76.9 Å². The van der Waals surface area contributed by atoms with E-state index in [0.29, 0.717) is 18.4 Å². The predicted octanol–water partition coefficient (Wildman–Crippen LogP) is 6.74. The lowest BCUT2D eigenvalue weighted by Crippen LogP contribution is -2.50. The van der Waals surface area contributed by atoms with Crippen molar-refractivity contribution >= 4 is 11.5 Å². The van der Waals surface area contributed by atoms with Crippen molar-refractivity contribution in [2.75, 3.05) is 7.11 Å². The average molecular weight is 428 g/mol. The van der Waals surface area contributed by atoms with Crippen molar-refractivity contribution in [1.29, 1.82) is 0 Å². The molecule has 4 rings (SSSR count). The number of ether oxygens (including phenoxy) is 1. The van der Waals surface area contributed by atoms with Crippen LogP contribution in [0.1, 0.15) is 60.2 Å². The summed E-state index contributed by atoms with van der Waals surface area (Å²) in [5, 5.41) is 0. The number of fused-ring (bicyclic) bond motifs is 3. The monoisotopic (exact) mass is 428 g/mol. The van der Waals surface area contributed by atoms with Crippen LogP contribution in [0.25, 0.3) is 5.57 Å². The van der Waals surface area contributed by atoms with E-state index in [-0.39, 0.29) is 18.8 Å². The van der Waals surface area contributed by atoms with Gasteiger partial charge in [0.1, 0.15) is 0 Å². The van der Waals surface area contributed by atoms with Crippen LogP contribution in [0.5, 0.6) is 0 Å². The molecule has 0 spiro atoms. The fourth-order valence-corrected chi connectivity index (χ4v) is 5.49. The highest BCUT2D eigenvalue weighted by atomic mass is 19.4. The van der Waals surface area contributed by atoms with E-state index in [0.717, 1.165) is 22.3 Å². The van der Waals surface area contributed by atoms with Crippen LogP contribution >= 0.6 is 0 Å². The zero-order valence-corrected chi connectivity index (χ0v) is 18.1. The number of carbonyl (C=O) groups is 1. The molecule has 2 aromatic rings. The molecule has 2 aliphatic carbocycles. The first-order valence-electron chi connectivity index (χ1n) is 10.6. The Morgan fingerprint density at radius 2 is 1.84 bits per heavy atom. The third-order valence-corrected chi connectivity index (χ3v) is 7.40. The molecule has 0 aliphatic heterocycles. The summed E-state index contributed by atoms with van der Waals surface area (Å²) in [6.45, 7) is 3.28. The van der Waals surface area contributed by atoms with Gasteiger partial charge in [-0.1, -0.05) is 49.4 Å². The topological polar surface area (TPSA) is 26.3 Å². The largest absolute Gasteiger partial charge is 0.465 e. The maximum atomic E-state index is 13.9. The molecule has 3 atom stereocenters. The number of esters is 1. The molecular weight excluding hydrogens is 401 g/mol. The smallest absolute Gasteiger partial charge is 0.394 e. The molecule has 0 aromatic heterocycles. The average Bonchev–Trinajstić information content (AvgIpc) is 2.74. The Morgan fingerprint density at radius 1 is 1.13 bits per heavy atom. The van der Waals surface area contributed by atoms with Gasteiger partial charge in [-0.25, -0.2) is 4.79 Å². The van der Waals surface area contributed by atoms with Gasteiger partial charge >= 0.3 is 12.1 Å². The predicted molar refractivity (Wildman–Crippen MR) is 115 cm³/mol. The van der Waals surface area contributed by atoms with E-state index < -0.39 is 23.0 Å². The van der Waals surface area contributed by atoms with Crippen molar-refractivity contribution in [3.63, 3.8) is 0 Å². The number of rotatable bonds is 3. The summed E-state index contributed by atoms with van der Waals surface area (Å²) in [7, 11) is 1.34. The first-order chi connectivity index (χ1) is 14.6. The minimum Gasteiger partial charge on any atom is -0.465 e. The Labute approximate surface area is 181 Å². The van der Waals surface area contributed by atoms with Gasteiger partial charge in [-0.2, -0.15) is 13.2 Å². The second-order valence-electron chi connectivity index (χ2n) is 9.29. The van der Waals surface area contributed by atoms with Crippen LogP contribution in [-0.4, -0.2) is 19.3 Å². The summed E-state index contributed by atoms with van der Waals surface area (Å²) in [5.74, 6) is -0.646. The minimum absolute atomic E-state index is 0.0683. The fraction of sp³-hybridized carbons (Fsp3) is 0.423. The molecule has 0 radical (unpaired) electrons. The number of alkyl halides is 3. The molecule has 2 nitrogen and oxygen atoms in total. The van der Waals surface area contributed by atoms with Crippen LogP contribution in [0.4, 0.5) is 13.2 Å². The third-order valence-electron chi connectivity index (χ3n) is 7.40. The molecule has 2 aromatic carbocycles. The zero-order valence-electron chi connectivity index (χ0n) is 18.1. The number of hydrogen-bond acceptors (Lipinski definition) is 2. The highest BCUT2D eigenvalue weighted by molar-refractivity contribution is 5.91. The molecule has 1 saturated carbocycles. The fourth-order valence-electron chi connectivity index (χ4n) is 5.49. The minimum atomic E-state index is -4.23. The molecule has 1 fully saturated rings. The van der Waals surface area contributed by atoms with Crippen molar-refractivity contribution in [1.82, 2.24) is 0 Å². The van der Waals surface area contributed by atoms with Gasteiger partial charge in [0.2, 0.25) is 0 Å². The van der Waals surface area contributed by atoms with E-state index in [1.54, 1.807) is 6.07 Å². The zero-order chi connectivity index (χ0) is 22.4. The molecule has 0 amide bonds. The number of carbonyl (C=O) groups excluding carboxylic acids is 1. The second-order valence-corrected chi connectivity index (χ2v) is 9.29. The van der Waals surface area contributed by atoms with Gasteiger partial charge in [0, 0.05) is 5.41 Å². The van der Waals surface area contributed by atoms with Gasteiger partial charge < -0.3 is 4.74 Å². The Kier molecular flexibility index (Phi) is 5.27. The molecule has 0 bridgehead atoms. The standard InChI is InChI=1S/C26H27F3O2/c1-17-13-20-16-24(2,26(27,28)29)11-12-25(20,15-18-7-5-4-6-8-18)22-10-9-19(14-21(17)22)23(30)31-3/h4-10,13-14,20H,11-12,15-16H2,1-3H3/t20-,24+,25+/m1/s1. The van der Waals surface area contributed by atoms with Gasteiger partial charge in [-0.15, -0.1) is 0 Å². The van der Waals surface area contributed by atoms with E-state index in [2.05, 4.69) is 0 Å². The SMILES string of the molecule is COC(=O)c1ccc2c(c1)C(C)=C[C@@H]1C[C@@](C)(C(F)(F)F)CC[C@@]21Cc1ccccc1. The summed E-state index contributed by atoms with van der Waals surface area (Å²) >= 11 is 0. The Morgan fingerprint density at radius 3 is 2.48 bits per heavy atom. The summed E-state index contributed by atoms with van der Waals surface area (Å²) in [6.07, 6.45) is -0.959. The van der Waals surface area contributed by atoms with Gasteiger partial charge in [0.25, 0.3) is 0 Å². The van der Waals surface area contributed by atoms with E-state index >= 15 is 0 Å². The van der Waals surface area contributed by atoms with Crippen molar-refractivity contribution in [2.24, 2.45) is 11.3 Å². The lowest BCUT2D eigenvalue weighted by atomic mass is 9.51. The van der Waals surface area contributed by atoms with Crippen LogP contribution in [-0.2, 0) is 16.6 Å². The van der Waals surface area contributed by atoms with Crippen LogP contribution in [0, 0.1) is 11.3 Å². The number of benzene rings is 2. The highest BCUT2D eigenvalue weighted by Gasteiger charge is 2.59. The lowest BCUT2D eigenvalue weighted by Gasteiger charge is -2.53. The van der Waals surface area contributed by atoms with Crippen LogP contribution in [0.15, 0.2) is 54.6 Å². The van der Waals surface area contributed by atoms with Crippen molar-refractivity contribution in [3.8, 4) is 0 Å². The Balaban J connectivity index is 1.86. The van der Waals surface area contributed by atoms with E-state index in [9.17, 15) is 18.0 Å². The van der Waals surface area contributed by atoms with Crippen molar-refractivity contribution < 1.29 is 22.7 Å². The molecule has 2 aliphatic rings. The molecule has 0 N–H and O–H groups in total. The maximum absolute atomic E-state index is 13.9. The van der Waals surface area contributed by atoms with E-state index in [1.807, 2.05) is 55.5 Å². The summed E-state index contributed by atoms with van der Waals surface area (Å²) in [5.41, 5.74) is 2.33. The van der Waals surface area contributed by atoms with Gasteiger partial charge in [0.05, 0.1) is 18.1 Å². The number of methoxy groups -OCH3 is 1. The Bertz CT molecular complexity index is 1020. The second kappa shape index (κ2) is 7.54. The number of halogens is 3. The number of allylic oxidation sites excluding steroid dienone is 2. The van der Waals surface area contributed by atoms with Crippen LogP contribution in [0.3, 0.4) is 0 Å².